The van der Waals surface area contributed by atoms with Gasteiger partial charge in [0.2, 0.25) is 5.91 Å². The summed E-state index contributed by atoms with van der Waals surface area (Å²) < 4.78 is 4.97. The standard InChI is InChI=1S/C25H29N3O5/c1-33-15-3-2-4-24(31)27-21-13-9-19(10-14-21)6-5-18-7-11-20(12-8-18)25(32)28-22(16-26)23(30)17-29/h7-14,22,29H,2-4,15-17,26H2,1H3,(H,27,31)(H,28,32)/t22-/m0/s1. The second kappa shape index (κ2) is 13.8. The van der Waals surface area contributed by atoms with Crippen LogP contribution in [0.3, 0.4) is 0 Å². The Labute approximate surface area is 193 Å². The van der Waals surface area contributed by atoms with Gasteiger partial charge in [-0.2, -0.15) is 0 Å². The summed E-state index contributed by atoms with van der Waals surface area (Å²) in [7, 11) is 1.64. The predicted molar refractivity (Wildman–Crippen MR) is 126 cm³/mol. The maximum absolute atomic E-state index is 12.2. The van der Waals surface area contributed by atoms with Gasteiger partial charge in [0.15, 0.2) is 5.78 Å². The minimum atomic E-state index is -0.926. The topological polar surface area (TPSA) is 131 Å². The Balaban J connectivity index is 1.91. The zero-order valence-electron chi connectivity index (χ0n) is 18.6. The molecule has 1 atom stereocenters. The van der Waals surface area contributed by atoms with Crippen molar-refractivity contribution in [1.29, 1.82) is 0 Å². The Kier molecular flexibility index (Phi) is 10.8. The van der Waals surface area contributed by atoms with Crippen molar-refractivity contribution in [1.82, 2.24) is 5.32 Å². The predicted octanol–water partition coefficient (Wildman–Crippen LogP) is 1.46. The molecule has 2 aromatic rings. The van der Waals surface area contributed by atoms with E-state index in [0.29, 0.717) is 29.8 Å². The first-order valence-electron chi connectivity index (χ1n) is 10.6. The highest BCUT2D eigenvalue weighted by Crippen LogP contribution is 2.11. The zero-order chi connectivity index (χ0) is 24.1. The van der Waals surface area contributed by atoms with Crippen LogP contribution in [0.15, 0.2) is 48.5 Å². The number of amides is 2. The van der Waals surface area contributed by atoms with Crippen LogP contribution < -0.4 is 16.4 Å². The van der Waals surface area contributed by atoms with E-state index in [1.165, 1.54) is 0 Å². The van der Waals surface area contributed by atoms with E-state index in [4.69, 9.17) is 15.6 Å². The van der Waals surface area contributed by atoms with Gasteiger partial charge in [0.1, 0.15) is 12.6 Å². The molecule has 0 unspecified atom stereocenters. The summed E-state index contributed by atoms with van der Waals surface area (Å²) >= 11 is 0. The van der Waals surface area contributed by atoms with Crippen LogP contribution in [0.1, 0.15) is 40.7 Å². The maximum atomic E-state index is 12.2. The molecular weight excluding hydrogens is 422 g/mol. The number of Topliss-reactive ketones (excluding diaryl/α,β-unsaturated/α-hetero) is 1. The molecule has 2 amide bonds. The second-order valence-corrected chi connectivity index (χ2v) is 7.29. The van der Waals surface area contributed by atoms with Gasteiger partial charge in [0.05, 0.1) is 0 Å². The van der Waals surface area contributed by atoms with E-state index in [0.717, 1.165) is 18.4 Å². The van der Waals surface area contributed by atoms with Gasteiger partial charge in [-0.3, -0.25) is 14.4 Å². The number of nitrogens with two attached hydrogens (primary N) is 1. The van der Waals surface area contributed by atoms with Crippen molar-refractivity contribution in [2.75, 3.05) is 32.2 Å². The first kappa shape index (κ1) is 25.7. The van der Waals surface area contributed by atoms with Crippen LogP contribution in [-0.4, -0.2) is 55.6 Å². The van der Waals surface area contributed by atoms with Gasteiger partial charge >= 0.3 is 0 Å². The molecule has 0 aliphatic carbocycles. The van der Waals surface area contributed by atoms with Crippen molar-refractivity contribution in [2.45, 2.75) is 25.3 Å². The SMILES string of the molecule is COCCCCC(=O)Nc1ccc(C#Cc2ccc(C(=O)N[C@@H](CN)C(=O)CO)cc2)cc1. The third-order valence-corrected chi connectivity index (χ3v) is 4.75. The number of hydrogen-bond donors (Lipinski definition) is 4. The van der Waals surface area contributed by atoms with Gasteiger partial charge in [-0.05, 0) is 61.4 Å². The molecule has 0 saturated carbocycles. The first-order valence-corrected chi connectivity index (χ1v) is 10.6. The molecule has 174 valence electrons. The number of carbonyl (C=O) groups excluding carboxylic acids is 3. The van der Waals surface area contributed by atoms with E-state index in [-0.39, 0.29) is 12.5 Å². The number of carbonyl (C=O) groups is 3. The fourth-order valence-electron chi connectivity index (χ4n) is 2.86. The molecule has 0 saturated heterocycles. The van der Waals surface area contributed by atoms with Gasteiger partial charge in [0, 0.05) is 49.1 Å². The minimum Gasteiger partial charge on any atom is -0.388 e. The van der Waals surface area contributed by atoms with Gasteiger partial charge in [-0.25, -0.2) is 0 Å². The van der Waals surface area contributed by atoms with Crippen LogP contribution in [0.5, 0.6) is 0 Å². The summed E-state index contributed by atoms with van der Waals surface area (Å²) in [4.78, 5) is 35.7. The largest absolute Gasteiger partial charge is 0.388 e. The molecular formula is C25H29N3O5. The monoisotopic (exact) mass is 451 g/mol. The highest BCUT2D eigenvalue weighted by molar-refractivity contribution is 5.98. The van der Waals surface area contributed by atoms with E-state index >= 15 is 0 Å². The number of nitrogens with one attached hydrogen (secondary N) is 2. The molecule has 0 aromatic heterocycles. The lowest BCUT2D eigenvalue weighted by Crippen LogP contribution is -2.46. The van der Waals surface area contributed by atoms with E-state index in [1.807, 2.05) is 12.1 Å². The Morgan fingerprint density at radius 2 is 1.61 bits per heavy atom. The summed E-state index contributed by atoms with van der Waals surface area (Å²) in [5.41, 5.74) is 8.02. The molecule has 0 aliphatic rings. The Morgan fingerprint density at radius 1 is 1.00 bits per heavy atom. The van der Waals surface area contributed by atoms with Crippen LogP contribution >= 0.6 is 0 Å². The maximum Gasteiger partial charge on any atom is 0.251 e. The third kappa shape index (κ3) is 8.86. The van der Waals surface area contributed by atoms with Crippen molar-refractivity contribution in [3.05, 3.63) is 65.2 Å². The molecule has 2 rings (SSSR count). The van der Waals surface area contributed by atoms with Gasteiger partial charge in [-0.1, -0.05) is 11.8 Å². The molecule has 0 bridgehead atoms. The van der Waals surface area contributed by atoms with Crippen molar-refractivity contribution >= 4 is 23.3 Å². The number of rotatable bonds is 11. The normalized spacial score (nSPS) is 11.1. The summed E-state index contributed by atoms with van der Waals surface area (Å²) in [5.74, 6) is 5.02. The highest BCUT2D eigenvalue weighted by atomic mass is 16.5. The van der Waals surface area contributed by atoms with Crippen LogP contribution in [0, 0.1) is 11.8 Å². The number of ketones is 1. The van der Waals surface area contributed by atoms with Crippen LogP contribution in [0.4, 0.5) is 5.69 Å². The average molecular weight is 452 g/mol. The van der Waals surface area contributed by atoms with E-state index in [1.54, 1.807) is 43.5 Å². The molecule has 8 nitrogen and oxygen atoms in total. The van der Waals surface area contributed by atoms with E-state index in [9.17, 15) is 14.4 Å². The van der Waals surface area contributed by atoms with Crippen LogP contribution in [0.25, 0.3) is 0 Å². The zero-order valence-corrected chi connectivity index (χ0v) is 18.6. The first-order chi connectivity index (χ1) is 16.0. The van der Waals surface area contributed by atoms with Crippen molar-refractivity contribution < 1.29 is 24.2 Å². The van der Waals surface area contributed by atoms with Crippen molar-refractivity contribution in [2.24, 2.45) is 5.73 Å². The van der Waals surface area contributed by atoms with Crippen molar-refractivity contribution in [3.8, 4) is 11.8 Å². The molecule has 0 heterocycles. The second-order valence-electron chi connectivity index (χ2n) is 7.29. The lowest BCUT2D eigenvalue weighted by molar-refractivity contribution is -0.123. The molecule has 5 N–H and O–H groups in total. The number of methoxy groups -OCH3 is 1. The molecule has 8 heteroatoms. The summed E-state index contributed by atoms with van der Waals surface area (Å²) in [6.07, 6.45) is 2.07. The molecule has 33 heavy (non-hydrogen) atoms. The highest BCUT2D eigenvalue weighted by Gasteiger charge is 2.18. The lowest BCUT2D eigenvalue weighted by Gasteiger charge is -2.14. The van der Waals surface area contributed by atoms with Crippen LogP contribution in [0.2, 0.25) is 0 Å². The Bertz CT molecular complexity index is 991. The number of aliphatic hydroxyl groups excluding tert-OH is 1. The number of aliphatic hydroxyl groups is 1. The summed E-state index contributed by atoms with van der Waals surface area (Å²) in [6, 6.07) is 12.9. The molecule has 2 aromatic carbocycles. The fourth-order valence-corrected chi connectivity index (χ4v) is 2.86. The smallest absolute Gasteiger partial charge is 0.251 e. The van der Waals surface area contributed by atoms with Crippen molar-refractivity contribution in [3.63, 3.8) is 0 Å². The van der Waals surface area contributed by atoms with Gasteiger partial charge < -0.3 is 26.2 Å². The number of unbranched alkanes of at least 4 members (excludes halogenated alkanes) is 1. The number of benzene rings is 2. The molecule has 0 spiro atoms. The molecule has 0 aliphatic heterocycles. The van der Waals surface area contributed by atoms with Crippen LogP contribution in [-0.2, 0) is 14.3 Å². The lowest BCUT2D eigenvalue weighted by atomic mass is 10.1. The number of anilines is 1. The summed E-state index contributed by atoms with van der Waals surface area (Å²) in [5, 5.41) is 14.3. The van der Waals surface area contributed by atoms with E-state index < -0.39 is 24.3 Å². The molecule has 0 radical (unpaired) electrons. The Hall–Kier alpha value is -3.51. The minimum absolute atomic E-state index is 0.0347. The average Bonchev–Trinajstić information content (AvgIpc) is 2.84. The number of hydrogen-bond acceptors (Lipinski definition) is 6. The third-order valence-electron chi connectivity index (χ3n) is 4.75. The summed E-state index contributed by atoms with van der Waals surface area (Å²) in [6.45, 7) is -0.124. The fraction of sp³-hybridized carbons (Fsp3) is 0.320. The van der Waals surface area contributed by atoms with E-state index in [2.05, 4.69) is 22.5 Å². The van der Waals surface area contributed by atoms with Gasteiger partial charge in [-0.15, -0.1) is 0 Å². The number of ether oxygens (including phenoxy) is 1. The van der Waals surface area contributed by atoms with Gasteiger partial charge in [0.25, 0.3) is 5.91 Å². The quantitative estimate of drug-likeness (QED) is 0.302. The molecule has 0 fully saturated rings. The Morgan fingerprint density at radius 3 is 2.15 bits per heavy atom.